The van der Waals surface area contributed by atoms with E-state index >= 15 is 0 Å². The highest BCUT2D eigenvalue weighted by atomic mass is 16.5. The Morgan fingerprint density at radius 2 is 1.94 bits per heavy atom. The van der Waals surface area contributed by atoms with Crippen molar-refractivity contribution in [3.63, 3.8) is 0 Å². The van der Waals surface area contributed by atoms with Gasteiger partial charge in [-0.25, -0.2) is 19.4 Å². The number of nitrogens with zero attached hydrogens (tertiary/aromatic N) is 6. The summed E-state index contributed by atoms with van der Waals surface area (Å²) in [5.74, 6) is 0.411. The van der Waals surface area contributed by atoms with Gasteiger partial charge in [0.25, 0.3) is 5.91 Å². The largest absolute Gasteiger partial charge is 0.462 e. The van der Waals surface area contributed by atoms with Crippen molar-refractivity contribution in [3.05, 3.63) is 47.4 Å². The van der Waals surface area contributed by atoms with Crippen LogP contribution in [-0.2, 0) is 4.74 Å². The van der Waals surface area contributed by atoms with E-state index in [0.29, 0.717) is 43.1 Å². The first-order chi connectivity index (χ1) is 15.9. The zero-order valence-corrected chi connectivity index (χ0v) is 19.6. The molecule has 1 amide bonds. The monoisotopic (exact) mass is 450 g/mol. The van der Waals surface area contributed by atoms with E-state index in [1.54, 1.807) is 25.4 Å². The maximum Gasteiger partial charge on any atom is 0.339 e. The normalized spacial score (nSPS) is 14.6. The summed E-state index contributed by atoms with van der Waals surface area (Å²) in [5, 5.41) is 5.30. The Hall–Kier alpha value is -3.49. The topological polar surface area (TPSA) is 93.5 Å². The average Bonchev–Trinajstić information content (AvgIpc) is 3.05. The van der Waals surface area contributed by atoms with Crippen molar-refractivity contribution in [2.24, 2.45) is 0 Å². The van der Waals surface area contributed by atoms with Gasteiger partial charge in [-0.15, -0.1) is 0 Å². The van der Waals surface area contributed by atoms with Crippen molar-refractivity contribution in [3.8, 4) is 0 Å². The lowest BCUT2D eigenvalue weighted by Gasteiger charge is -2.23. The van der Waals surface area contributed by atoms with E-state index in [-0.39, 0.29) is 17.9 Å². The van der Waals surface area contributed by atoms with E-state index in [2.05, 4.69) is 33.8 Å². The van der Waals surface area contributed by atoms with Crippen LogP contribution < -0.4 is 4.90 Å². The molecule has 3 aromatic rings. The molecule has 3 aromatic heterocycles. The molecule has 1 saturated heterocycles. The van der Waals surface area contributed by atoms with Gasteiger partial charge in [-0.3, -0.25) is 4.79 Å². The SMILES string of the molecule is CCOC(=O)c1ccc(N2CCCN(C(=O)c3cc4cnn(C(C)C)c4nc3C)CC2)nc1. The number of fused-ring (bicyclic) bond motifs is 1. The summed E-state index contributed by atoms with van der Waals surface area (Å²) in [5.41, 5.74) is 2.58. The van der Waals surface area contributed by atoms with Gasteiger partial charge in [0.15, 0.2) is 5.65 Å². The van der Waals surface area contributed by atoms with Gasteiger partial charge in [0, 0.05) is 43.8 Å². The number of amides is 1. The lowest BCUT2D eigenvalue weighted by atomic mass is 10.1. The van der Waals surface area contributed by atoms with Crippen LogP contribution in [0.4, 0.5) is 5.82 Å². The van der Waals surface area contributed by atoms with Gasteiger partial charge >= 0.3 is 5.97 Å². The lowest BCUT2D eigenvalue weighted by molar-refractivity contribution is 0.0525. The Bertz CT molecular complexity index is 1150. The molecule has 174 valence electrons. The van der Waals surface area contributed by atoms with Crippen molar-refractivity contribution < 1.29 is 14.3 Å². The molecule has 1 aliphatic heterocycles. The van der Waals surface area contributed by atoms with Gasteiger partial charge in [-0.05, 0) is 52.3 Å². The second-order valence-electron chi connectivity index (χ2n) is 8.48. The van der Waals surface area contributed by atoms with Crippen molar-refractivity contribution in [1.82, 2.24) is 24.6 Å². The summed E-state index contributed by atoms with van der Waals surface area (Å²) < 4.78 is 6.89. The van der Waals surface area contributed by atoms with Crippen LogP contribution in [0.15, 0.2) is 30.6 Å². The third-order valence-corrected chi connectivity index (χ3v) is 5.85. The molecule has 1 aliphatic rings. The average molecular weight is 451 g/mol. The highest BCUT2D eigenvalue weighted by Gasteiger charge is 2.24. The molecule has 1 fully saturated rings. The number of hydrogen-bond acceptors (Lipinski definition) is 7. The molecule has 0 aliphatic carbocycles. The Kier molecular flexibility index (Phi) is 6.57. The number of carbonyl (C=O) groups excluding carboxylic acids is 2. The summed E-state index contributed by atoms with van der Waals surface area (Å²) in [4.78, 5) is 38.4. The first-order valence-corrected chi connectivity index (χ1v) is 11.4. The highest BCUT2D eigenvalue weighted by Crippen LogP contribution is 2.22. The summed E-state index contributed by atoms with van der Waals surface area (Å²) in [7, 11) is 0. The van der Waals surface area contributed by atoms with Gasteiger partial charge in [-0.1, -0.05) is 0 Å². The number of hydrogen-bond donors (Lipinski definition) is 0. The standard InChI is InChI=1S/C24H30N6O3/c1-5-33-24(32)18-7-8-21(25-14-18)28-9-6-10-29(12-11-28)23(31)20-13-19-15-26-30(16(2)3)22(19)27-17(20)4/h7-8,13-16H,5-6,9-12H2,1-4H3. The molecule has 0 aromatic carbocycles. The minimum atomic E-state index is -0.371. The quantitative estimate of drug-likeness (QED) is 0.551. The van der Waals surface area contributed by atoms with Crippen molar-refractivity contribution in [2.45, 2.75) is 40.2 Å². The van der Waals surface area contributed by atoms with Crippen molar-refractivity contribution in [1.29, 1.82) is 0 Å². The lowest BCUT2D eigenvalue weighted by Crippen LogP contribution is -2.35. The molecule has 0 radical (unpaired) electrons. The molecule has 0 N–H and O–H groups in total. The molecule has 9 heteroatoms. The fourth-order valence-electron chi connectivity index (χ4n) is 4.09. The van der Waals surface area contributed by atoms with Gasteiger partial charge in [-0.2, -0.15) is 5.10 Å². The Labute approximate surface area is 193 Å². The predicted octanol–water partition coefficient (Wildman–Crippen LogP) is 3.24. The Morgan fingerprint density at radius 1 is 1.12 bits per heavy atom. The van der Waals surface area contributed by atoms with E-state index < -0.39 is 0 Å². The van der Waals surface area contributed by atoms with Gasteiger partial charge in [0.1, 0.15) is 5.82 Å². The molecule has 0 spiro atoms. The van der Waals surface area contributed by atoms with Crippen LogP contribution >= 0.6 is 0 Å². The fourth-order valence-corrected chi connectivity index (χ4v) is 4.09. The molecule has 4 rings (SSSR count). The van der Waals surface area contributed by atoms with E-state index in [1.165, 1.54) is 0 Å². The highest BCUT2D eigenvalue weighted by molar-refractivity contribution is 5.98. The Morgan fingerprint density at radius 3 is 2.64 bits per heavy atom. The number of ether oxygens (including phenoxy) is 1. The molecular weight excluding hydrogens is 420 g/mol. The molecule has 0 bridgehead atoms. The number of aryl methyl sites for hydroxylation is 1. The maximum absolute atomic E-state index is 13.4. The van der Waals surface area contributed by atoms with Crippen LogP contribution in [0, 0.1) is 6.92 Å². The van der Waals surface area contributed by atoms with Crippen molar-refractivity contribution in [2.75, 3.05) is 37.7 Å². The summed E-state index contributed by atoms with van der Waals surface area (Å²) >= 11 is 0. The van der Waals surface area contributed by atoms with Crippen LogP contribution in [0.2, 0.25) is 0 Å². The predicted molar refractivity (Wildman–Crippen MR) is 126 cm³/mol. The Balaban J connectivity index is 1.47. The number of anilines is 1. The minimum Gasteiger partial charge on any atom is -0.462 e. The summed E-state index contributed by atoms with van der Waals surface area (Å²) in [6, 6.07) is 5.67. The van der Waals surface area contributed by atoms with Crippen LogP contribution in [0.1, 0.15) is 59.6 Å². The van der Waals surface area contributed by atoms with E-state index in [9.17, 15) is 9.59 Å². The zero-order chi connectivity index (χ0) is 23.5. The smallest absolute Gasteiger partial charge is 0.339 e. The summed E-state index contributed by atoms with van der Waals surface area (Å²) in [6.45, 7) is 10.8. The molecule has 33 heavy (non-hydrogen) atoms. The van der Waals surface area contributed by atoms with Crippen LogP contribution in [0.25, 0.3) is 11.0 Å². The third kappa shape index (κ3) is 4.67. The van der Waals surface area contributed by atoms with Gasteiger partial charge < -0.3 is 14.5 Å². The fraction of sp³-hybridized carbons (Fsp3) is 0.458. The van der Waals surface area contributed by atoms with E-state index in [0.717, 1.165) is 29.8 Å². The van der Waals surface area contributed by atoms with Crippen LogP contribution in [0.3, 0.4) is 0 Å². The number of aromatic nitrogens is 4. The number of rotatable bonds is 5. The van der Waals surface area contributed by atoms with Gasteiger partial charge in [0.2, 0.25) is 0 Å². The van der Waals surface area contributed by atoms with E-state index in [1.807, 2.05) is 28.6 Å². The molecule has 0 saturated carbocycles. The number of pyridine rings is 2. The second kappa shape index (κ2) is 9.56. The van der Waals surface area contributed by atoms with Crippen LogP contribution in [0.5, 0.6) is 0 Å². The van der Waals surface area contributed by atoms with E-state index in [4.69, 9.17) is 4.74 Å². The number of carbonyl (C=O) groups is 2. The van der Waals surface area contributed by atoms with Crippen molar-refractivity contribution >= 4 is 28.7 Å². The molecule has 4 heterocycles. The third-order valence-electron chi connectivity index (χ3n) is 5.85. The molecule has 0 atom stereocenters. The first kappa shape index (κ1) is 22.7. The molecular formula is C24H30N6O3. The zero-order valence-electron chi connectivity index (χ0n) is 19.6. The molecule has 0 unspecified atom stereocenters. The van der Waals surface area contributed by atoms with Gasteiger partial charge in [0.05, 0.1) is 29.6 Å². The van der Waals surface area contributed by atoms with Crippen LogP contribution in [-0.4, -0.2) is 69.3 Å². The molecule has 9 nitrogen and oxygen atoms in total. The first-order valence-electron chi connectivity index (χ1n) is 11.4. The minimum absolute atomic E-state index is 0.00772. The maximum atomic E-state index is 13.4. The number of esters is 1. The second-order valence-corrected chi connectivity index (χ2v) is 8.48. The summed E-state index contributed by atoms with van der Waals surface area (Å²) in [6.07, 6.45) is 4.14.